The molecule has 4 heteroatoms. The molecule has 0 aromatic heterocycles. The first-order valence-corrected chi connectivity index (χ1v) is 5.98. The van der Waals surface area contributed by atoms with Crippen LogP contribution in [0.3, 0.4) is 0 Å². The molecule has 0 spiro atoms. The van der Waals surface area contributed by atoms with Crippen LogP contribution in [0.2, 0.25) is 0 Å². The van der Waals surface area contributed by atoms with Crippen LogP contribution in [0.1, 0.15) is 11.1 Å². The fourth-order valence-corrected chi connectivity index (χ4v) is 1.86. The minimum atomic E-state index is -0.404. The van der Waals surface area contributed by atoms with Crippen molar-refractivity contribution < 1.29 is 9.13 Å². The van der Waals surface area contributed by atoms with Crippen LogP contribution in [0.25, 0.3) is 0 Å². The lowest BCUT2D eigenvalue weighted by Gasteiger charge is -2.13. The van der Waals surface area contributed by atoms with Gasteiger partial charge in [-0.25, -0.2) is 4.39 Å². The Balaban J connectivity index is 2.40. The molecule has 0 bridgehead atoms. The molecular formula is C15H17FN2O. The van der Waals surface area contributed by atoms with E-state index < -0.39 is 5.82 Å². The lowest BCUT2D eigenvalue weighted by molar-refractivity contribution is 0.416. The number of halogens is 1. The number of rotatable bonds is 3. The molecule has 0 aliphatic rings. The molecule has 0 saturated heterocycles. The van der Waals surface area contributed by atoms with Crippen LogP contribution in [0.4, 0.5) is 21.5 Å². The molecule has 0 saturated carbocycles. The Morgan fingerprint density at radius 2 is 1.84 bits per heavy atom. The number of anilines is 3. The Morgan fingerprint density at radius 1 is 1.11 bits per heavy atom. The number of hydrogen-bond acceptors (Lipinski definition) is 3. The van der Waals surface area contributed by atoms with Gasteiger partial charge in [0.05, 0.1) is 18.5 Å². The Kier molecular flexibility index (Phi) is 3.60. The van der Waals surface area contributed by atoms with Gasteiger partial charge in [-0.2, -0.15) is 0 Å². The molecule has 3 N–H and O–H groups in total. The Labute approximate surface area is 112 Å². The number of benzene rings is 2. The topological polar surface area (TPSA) is 47.3 Å². The fourth-order valence-electron chi connectivity index (χ4n) is 1.86. The predicted octanol–water partition coefficient (Wildman–Crippen LogP) is 3.78. The maximum absolute atomic E-state index is 13.9. The molecule has 0 aliphatic carbocycles. The summed E-state index contributed by atoms with van der Waals surface area (Å²) in [4.78, 5) is 0. The normalized spacial score (nSPS) is 10.3. The van der Waals surface area contributed by atoms with Gasteiger partial charge in [-0.1, -0.05) is 12.1 Å². The number of nitrogen functional groups attached to an aromatic ring is 1. The fraction of sp³-hybridized carbons (Fsp3) is 0.200. The van der Waals surface area contributed by atoms with E-state index in [9.17, 15) is 4.39 Å². The van der Waals surface area contributed by atoms with Crippen molar-refractivity contribution in [2.24, 2.45) is 0 Å². The molecule has 0 aliphatic heterocycles. The van der Waals surface area contributed by atoms with E-state index >= 15 is 0 Å². The summed E-state index contributed by atoms with van der Waals surface area (Å²) >= 11 is 0. The van der Waals surface area contributed by atoms with E-state index in [0.29, 0.717) is 11.4 Å². The average Bonchev–Trinajstić information content (AvgIpc) is 2.37. The summed E-state index contributed by atoms with van der Waals surface area (Å²) in [5, 5.41) is 3.07. The lowest BCUT2D eigenvalue weighted by atomic mass is 10.1. The third kappa shape index (κ3) is 2.78. The molecule has 0 heterocycles. The van der Waals surface area contributed by atoms with Gasteiger partial charge < -0.3 is 15.8 Å². The van der Waals surface area contributed by atoms with Gasteiger partial charge in [0, 0.05) is 17.8 Å². The number of nitrogens with one attached hydrogen (secondary N) is 1. The van der Waals surface area contributed by atoms with E-state index in [-0.39, 0.29) is 5.69 Å². The zero-order valence-corrected chi connectivity index (χ0v) is 11.3. The van der Waals surface area contributed by atoms with Crippen molar-refractivity contribution in [3.8, 4) is 5.75 Å². The van der Waals surface area contributed by atoms with Crippen LogP contribution in [0, 0.1) is 19.7 Å². The van der Waals surface area contributed by atoms with Crippen LogP contribution in [-0.4, -0.2) is 7.11 Å². The molecule has 0 fully saturated rings. The van der Waals surface area contributed by atoms with Crippen molar-refractivity contribution in [2.75, 3.05) is 18.2 Å². The van der Waals surface area contributed by atoms with Gasteiger partial charge in [-0.15, -0.1) is 0 Å². The molecule has 2 rings (SSSR count). The molecular weight excluding hydrogens is 243 g/mol. The summed E-state index contributed by atoms with van der Waals surface area (Å²) in [6, 6.07) is 8.79. The highest BCUT2D eigenvalue weighted by Crippen LogP contribution is 2.31. The van der Waals surface area contributed by atoms with Crippen LogP contribution >= 0.6 is 0 Å². The molecule has 3 nitrogen and oxygen atoms in total. The van der Waals surface area contributed by atoms with E-state index in [4.69, 9.17) is 10.5 Å². The molecule has 2 aromatic carbocycles. The zero-order chi connectivity index (χ0) is 14.0. The van der Waals surface area contributed by atoms with E-state index in [1.54, 1.807) is 6.07 Å². The Morgan fingerprint density at radius 3 is 2.53 bits per heavy atom. The van der Waals surface area contributed by atoms with Crippen LogP contribution < -0.4 is 15.8 Å². The van der Waals surface area contributed by atoms with Crippen LogP contribution in [0.15, 0.2) is 30.3 Å². The van der Waals surface area contributed by atoms with E-state index in [2.05, 4.69) is 5.32 Å². The Bertz CT molecular complexity index is 611. The average molecular weight is 260 g/mol. The van der Waals surface area contributed by atoms with Crippen molar-refractivity contribution >= 4 is 17.1 Å². The first-order chi connectivity index (χ1) is 9.01. The quantitative estimate of drug-likeness (QED) is 0.826. The molecule has 0 amide bonds. The summed E-state index contributed by atoms with van der Waals surface area (Å²) in [6.07, 6.45) is 0. The van der Waals surface area contributed by atoms with Gasteiger partial charge >= 0.3 is 0 Å². The monoisotopic (exact) mass is 260 g/mol. The standard InChI is InChI=1S/C15H17FN2O/c1-9-4-5-10(2)13(6-9)18-14-8-15(19-3)12(17)7-11(14)16/h4-8,18H,17H2,1-3H3. The first kappa shape index (κ1) is 13.2. The minimum absolute atomic E-state index is 0.284. The number of hydrogen-bond donors (Lipinski definition) is 2. The van der Waals surface area contributed by atoms with Crippen molar-refractivity contribution in [3.05, 3.63) is 47.3 Å². The van der Waals surface area contributed by atoms with Crippen molar-refractivity contribution in [2.45, 2.75) is 13.8 Å². The maximum Gasteiger partial charge on any atom is 0.148 e. The summed E-state index contributed by atoms with van der Waals surface area (Å²) in [6.45, 7) is 3.96. The van der Waals surface area contributed by atoms with Gasteiger partial charge in [-0.05, 0) is 31.0 Å². The summed E-state index contributed by atoms with van der Waals surface area (Å²) in [5.74, 6) is 0.0495. The number of aryl methyl sites for hydroxylation is 2. The molecule has 0 unspecified atom stereocenters. The second-order valence-electron chi connectivity index (χ2n) is 4.52. The first-order valence-electron chi connectivity index (χ1n) is 5.98. The predicted molar refractivity (Wildman–Crippen MR) is 76.6 cm³/mol. The molecule has 19 heavy (non-hydrogen) atoms. The van der Waals surface area contributed by atoms with E-state index in [1.165, 1.54) is 13.2 Å². The van der Waals surface area contributed by atoms with Gasteiger partial charge in [-0.3, -0.25) is 0 Å². The van der Waals surface area contributed by atoms with Crippen molar-refractivity contribution in [1.29, 1.82) is 0 Å². The maximum atomic E-state index is 13.9. The van der Waals surface area contributed by atoms with E-state index in [0.717, 1.165) is 16.8 Å². The van der Waals surface area contributed by atoms with Crippen LogP contribution in [0.5, 0.6) is 5.75 Å². The largest absolute Gasteiger partial charge is 0.495 e. The number of ether oxygens (including phenoxy) is 1. The third-order valence-corrected chi connectivity index (χ3v) is 2.98. The SMILES string of the molecule is COc1cc(Nc2cc(C)ccc2C)c(F)cc1N. The van der Waals surface area contributed by atoms with Gasteiger partial charge in [0.2, 0.25) is 0 Å². The second kappa shape index (κ2) is 5.18. The summed E-state index contributed by atoms with van der Waals surface area (Å²) < 4.78 is 19.0. The lowest BCUT2D eigenvalue weighted by Crippen LogP contribution is -2.00. The van der Waals surface area contributed by atoms with Gasteiger partial charge in [0.1, 0.15) is 11.6 Å². The third-order valence-electron chi connectivity index (χ3n) is 2.98. The highest BCUT2D eigenvalue weighted by molar-refractivity contribution is 5.69. The number of nitrogens with two attached hydrogens (primary N) is 1. The highest BCUT2D eigenvalue weighted by Gasteiger charge is 2.09. The molecule has 0 radical (unpaired) electrons. The van der Waals surface area contributed by atoms with Gasteiger partial charge in [0.15, 0.2) is 0 Å². The summed E-state index contributed by atoms with van der Waals surface area (Å²) in [7, 11) is 1.51. The second-order valence-corrected chi connectivity index (χ2v) is 4.52. The zero-order valence-electron chi connectivity index (χ0n) is 11.3. The molecule has 2 aromatic rings. The van der Waals surface area contributed by atoms with Crippen molar-refractivity contribution in [3.63, 3.8) is 0 Å². The highest BCUT2D eigenvalue weighted by atomic mass is 19.1. The van der Waals surface area contributed by atoms with Crippen LogP contribution in [-0.2, 0) is 0 Å². The summed E-state index contributed by atoms with van der Waals surface area (Å²) in [5.41, 5.74) is 9.30. The van der Waals surface area contributed by atoms with Crippen molar-refractivity contribution in [1.82, 2.24) is 0 Å². The molecule has 0 atom stereocenters. The Hall–Kier alpha value is -2.23. The van der Waals surface area contributed by atoms with E-state index in [1.807, 2.05) is 32.0 Å². The molecule has 100 valence electrons. The smallest absolute Gasteiger partial charge is 0.148 e. The van der Waals surface area contributed by atoms with Gasteiger partial charge in [0.25, 0.3) is 0 Å². The number of methoxy groups -OCH3 is 1. The minimum Gasteiger partial charge on any atom is -0.495 e.